The molecule has 0 saturated carbocycles. The predicted molar refractivity (Wildman–Crippen MR) is 82.5 cm³/mol. The molecule has 1 aromatic carbocycles. The molecule has 0 bridgehead atoms. The van der Waals surface area contributed by atoms with Crippen molar-refractivity contribution in [3.8, 4) is 6.07 Å². The van der Waals surface area contributed by atoms with Gasteiger partial charge in [0.25, 0.3) is 0 Å². The van der Waals surface area contributed by atoms with Crippen LogP contribution in [0.5, 0.6) is 0 Å². The number of likely N-dealkylation sites (tertiary alicyclic amines) is 1. The molecule has 1 heterocycles. The van der Waals surface area contributed by atoms with Crippen LogP contribution < -0.4 is 5.32 Å². The first kappa shape index (κ1) is 16.4. The second kappa shape index (κ2) is 8.50. The maximum Gasteiger partial charge on any atom is 0.223 e. The van der Waals surface area contributed by atoms with Crippen molar-refractivity contribution in [2.75, 3.05) is 26.2 Å². The number of amides is 1. The minimum atomic E-state index is -0.240. The zero-order valence-electron chi connectivity index (χ0n) is 12.7. The summed E-state index contributed by atoms with van der Waals surface area (Å²) in [7, 11) is 0. The van der Waals surface area contributed by atoms with E-state index in [1.165, 1.54) is 12.1 Å². The highest BCUT2D eigenvalue weighted by Gasteiger charge is 2.24. The highest BCUT2D eigenvalue weighted by molar-refractivity contribution is 5.78. The lowest BCUT2D eigenvalue weighted by Gasteiger charge is -2.30. The Bertz CT molecular complexity index is 516. The lowest BCUT2D eigenvalue weighted by atomic mass is 9.95. The number of nitrogens with zero attached hydrogens (tertiary/aromatic N) is 2. The SMILES string of the molecule is N#CCCN1CCC(C(=O)NCCc2ccc(F)cc2)CC1. The molecule has 1 N–H and O–H groups in total. The Morgan fingerprint density at radius 1 is 1.32 bits per heavy atom. The summed E-state index contributed by atoms with van der Waals surface area (Å²) in [6, 6.07) is 8.52. The molecule has 5 heteroatoms. The third kappa shape index (κ3) is 5.12. The van der Waals surface area contributed by atoms with E-state index >= 15 is 0 Å². The Kier molecular flexibility index (Phi) is 6.35. The molecule has 0 aliphatic carbocycles. The summed E-state index contributed by atoms with van der Waals surface area (Å²) in [6.07, 6.45) is 2.98. The third-order valence-electron chi connectivity index (χ3n) is 4.12. The van der Waals surface area contributed by atoms with Gasteiger partial charge in [0.05, 0.1) is 6.07 Å². The van der Waals surface area contributed by atoms with E-state index in [0.29, 0.717) is 19.4 Å². The van der Waals surface area contributed by atoms with Gasteiger partial charge in [0.15, 0.2) is 0 Å². The van der Waals surface area contributed by atoms with E-state index in [1.54, 1.807) is 12.1 Å². The molecule has 22 heavy (non-hydrogen) atoms. The van der Waals surface area contributed by atoms with Gasteiger partial charge in [-0.3, -0.25) is 4.79 Å². The number of carbonyl (C=O) groups excluding carboxylic acids is 1. The normalized spacial score (nSPS) is 16.2. The topological polar surface area (TPSA) is 56.1 Å². The van der Waals surface area contributed by atoms with Crippen molar-refractivity contribution in [3.05, 3.63) is 35.6 Å². The first-order valence-electron chi connectivity index (χ1n) is 7.80. The fourth-order valence-corrected chi connectivity index (χ4v) is 2.75. The molecule has 1 fully saturated rings. The van der Waals surface area contributed by atoms with E-state index in [9.17, 15) is 9.18 Å². The van der Waals surface area contributed by atoms with Gasteiger partial charge in [-0.15, -0.1) is 0 Å². The lowest BCUT2D eigenvalue weighted by molar-refractivity contribution is -0.126. The van der Waals surface area contributed by atoms with Crippen molar-refractivity contribution in [1.29, 1.82) is 5.26 Å². The number of hydrogen-bond donors (Lipinski definition) is 1. The molecule has 1 saturated heterocycles. The molecule has 0 radical (unpaired) electrons. The molecule has 0 spiro atoms. The monoisotopic (exact) mass is 303 g/mol. The molecular formula is C17H22FN3O. The number of carbonyl (C=O) groups is 1. The minimum absolute atomic E-state index is 0.0755. The van der Waals surface area contributed by atoms with Crippen molar-refractivity contribution < 1.29 is 9.18 Å². The van der Waals surface area contributed by atoms with Gasteiger partial charge in [-0.1, -0.05) is 12.1 Å². The second-order valence-corrected chi connectivity index (χ2v) is 5.69. The summed E-state index contributed by atoms with van der Waals surface area (Å²) in [5, 5.41) is 11.6. The van der Waals surface area contributed by atoms with Gasteiger partial charge in [-0.2, -0.15) is 5.26 Å². The Morgan fingerprint density at radius 3 is 2.64 bits per heavy atom. The average Bonchev–Trinajstić information content (AvgIpc) is 2.55. The summed E-state index contributed by atoms with van der Waals surface area (Å²) in [4.78, 5) is 14.4. The van der Waals surface area contributed by atoms with Gasteiger partial charge in [0, 0.05) is 25.4 Å². The van der Waals surface area contributed by atoms with Crippen LogP contribution in [0.25, 0.3) is 0 Å². The molecule has 0 aromatic heterocycles. The van der Waals surface area contributed by atoms with Crippen LogP contribution in [0, 0.1) is 23.1 Å². The van der Waals surface area contributed by atoms with Crippen LogP contribution >= 0.6 is 0 Å². The highest BCUT2D eigenvalue weighted by Crippen LogP contribution is 2.17. The van der Waals surface area contributed by atoms with Crippen LogP contribution in [0.15, 0.2) is 24.3 Å². The van der Waals surface area contributed by atoms with Crippen molar-refractivity contribution in [2.24, 2.45) is 5.92 Å². The molecule has 1 aliphatic rings. The zero-order chi connectivity index (χ0) is 15.8. The Morgan fingerprint density at radius 2 is 2.00 bits per heavy atom. The number of hydrogen-bond acceptors (Lipinski definition) is 3. The van der Waals surface area contributed by atoms with Crippen molar-refractivity contribution in [3.63, 3.8) is 0 Å². The first-order chi connectivity index (χ1) is 10.7. The number of nitrogens with one attached hydrogen (secondary N) is 1. The summed E-state index contributed by atoms with van der Waals surface area (Å²) in [6.45, 7) is 3.16. The summed E-state index contributed by atoms with van der Waals surface area (Å²) in [5.74, 6) is -0.0514. The molecule has 2 rings (SSSR count). The Balaban J connectivity index is 1.66. The Hall–Kier alpha value is -1.93. The Labute approximate surface area is 130 Å². The average molecular weight is 303 g/mol. The number of benzene rings is 1. The van der Waals surface area contributed by atoms with Crippen LogP contribution in [0.2, 0.25) is 0 Å². The largest absolute Gasteiger partial charge is 0.356 e. The molecule has 4 nitrogen and oxygen atoms in total. The fraction of sp³-hybridized carbons (Fsp3) is 0.529. The van der Waals surface area contributed by atoms with E-state index in [0.717, 1.165) is 38.0 Å². The molecular weight excluding hydrogens is 281 g/mol. The summed E-state index contributed by atoms with van der Waals surface area (Å²) >= 11 is 0. The van der Waals surface area contributed by atoms with Gasteiger partial charge >= 0.3 is 0 Å². The lowest BCUT2D eigenvalue weighted by Crippen LogP contribution is -2.41. The van der Waals surface area contributed by atoms with Gasteiger partial charge in [-0.25, -0.2) is 4.39 Å². The molecule has 1 amide bonds. The van der Waals surface area contributed by atoms with Crippen LogP contribution in [0.3, 0.4) is 0 Å². The summed E-state index contributed by atoms with van der Waals surface area (Å²) < 4.78 is 12.8. The van der Waals surface area contributed by atoms with E-state index in [2.05, 4.69) is 16.3 Å². The summed E-state index contributed by atoms with van der Waals surface area (Å²) in [5.41, 5.74) is 1.02. The van der Waals surface area contributed by atoms with Gasteiger partial charge in [0.2, 0.25) is 5.91 Å². The van der Waals surface area contributed by atoms with E-state index in [-0.39, 0.29) is 17.6 Å². The zero-order valence-corrected chi connectivity index (χ0v) is 12.7. The second-order valence-electron chi connectivity index (χ2n) is 5.69. The molecule has 118 valence electrons. The van der Waals surface area contributed by atoms with Crippen LogP contribution in [-0.2, 0) is 11.2 Å². The number of piperidine rings is 1. The third-order valence-corrected chi connectivity index (χ3v) is 4.12. The number of halogens is 1. The number of nitriles is 1. The van der Waals surface area contributed by atoms with Crippen LogP contribution in [0.1, 0.15) is 24.8 Å². The highest BCUT2D eigenvalue weighted by atomic mass is 19.1. The minimum Gasteiger partial charge on any atom is -0.356 e. The van der Waals surface area contributed by atoms with Gasteiger partial charge < -0.3 is 10.2 Å². The van der Waals surface area contributed by atoms with Crippen molar-refractivity contribution in [2.45, 2.75) is 25.7 Å². The fourth-order valence-electron chi connectivity index (χ4n) is 2.75. The predicted octanol–water partition coefficient (Wildman–Crippen LogP) is 2.11. The van der Waals surface area contributed by atoms with E-state index < -0.39 is 0 Å². The molecule has 1 aliphatic heterocycles. The van der Waals surface area contributed by atoms with Crippen molar-refractivity contribution >= 4 is 5.91 Å². The van der Waals surface area contributed by atoms with Crippen LogP contribution in [-0.4, -0.2) is 37.0 Å². The maximum absolute atomic E-state index is 12.8. The molecule has 0 unspecified atom stereocenters. The molecule has 0 atom stereocenters. The quantitative estimate of drug-likeness (QED) is 0.875. The smallest absolute Gasteiger partial charge is 0.223 e. The molecule has 1 aromatic rings. The number of rotatable bonds is 6. The van der Waals surface area contributed by atoms with Crippen molar-refractivity contribution in [1.82, 2.24) is 10.2 Å². The van der Waals surface area contributed by atoms with Gasteiger partial charge in [-0.05, 0) is 50.0 Å². The first-order valence-corrected chi connectivity index (χ1v) is 7.80. The van der Waals surface area contributed by atoms with E-state index in [1.807, 2.05) is 0 Å². The van der Waals surface area contributed by atoms with E-state index in [4.69, 9.17) is 5.26 Å². The van der Waals surface area contributed by atoms with Gasteiger partial charge in [0.1, 0.15) is 5.82 Å². The maximum atomic E-state index is 12.8. The standard InChI is InChI=1S/C17H22FN3O/c18-16-4-2-14(3-5-16)6-10-20-17(22)15-7-12-21(13-8-15)11-1-9-19/h2-5,15H,1,6-8,10-13H2,(H,20,22). The van der Waals surface area contributed by atoms with Crippen LogP contribution in [0.4, 0.5) is 4.39 Å².